The van der Waals surface area contributed by atoms with Crippen molar-refractivity contribution in [2.45, 2.75) is 39.8 Å². The number of rotatable bonds is 7. The van der Waals surface area contributed by atoms with Crippen LogP contribution in [0, 0.1) is 13.8 Å². The number of Topliss-reactive ketones (excluding diaryl/α,β-unsaturated/α-hetero) is 1. The number of nitrogen functional groups attached to an aromatic ring is 1. The van der Waals surface area contributed by atoms with Gasteiger partial charge in [0.15, 0.2) is 11.6 Å². The van der Waals surface area contributed by atoms with E-state index >= 15 is 0 Å². The SMILES string of the molecule is CCc1cc(-n2nc(C)cc2Nc2cc(CC(=O)c3cc(N)cc(C(F)(F)F)c3)ccc2C)ncn1. The van der Waals surface area contributed by atoms with Gasteiger partial charge in [0.25, 0.3) is 0 Å². The van der Waals surface area contributed by atoms with E-state index in [9.17, 15) is 18.0 Å². The van der Waals surface area contributed by atoms with E-state index in [1.807, 2.05) is 39.0 Å². The molecule has 7 nitrogen and oxygen atoms in total. The van der Waals surface area contributed by atoms with E-state index in [1.54, 1.807) is 16.8 Å². The number of hydrogen-bond donors (Lipinski definition) is 2. The topological polar surface area (TPSA) is 98.7 Å². The van der Waals surface area contributed by atoms with Crippen LogP contribution in [0.5, 0.6) is 0 Å². The van der Waals surface area contributed by atoms with E-state index in [4.69, 9.17) is 5.73 Å². The number of aryl methyl sites for hydroxylation is 3. The van der Waals surface area contributed by atoms with Crippen molar-refractivity contribution >= 4 is 23.0 Å². The molecule has 36 heavy (non-hydrogen) atoms. The molecule has 2 aromatic heterocycles. The van der Waals surface area contributed by atoms with Crippen LogP contribution in [0.4, 0.5) is 30.4 Å². The summed E-state index contributed by atoms with van der Waals surface area (Å²) < 4.78 is 41.1. The lowest BCUT2D eigenvalue weighted by atomic mass is 9.99. The van der Waals surface area contributed by atoms with Gasteiger partial charge in [-0.15, -0.1) is 0 Å². The highest BCUT2D eigenvalue weighted by atomic mass is 19.4. The molecule has 0 bridgehead atoms. The first-order valence-corrected chi connectivity index (χ1v) is 11.3. The molecule has 0 saturated carbocycles. The van der Waals surface area contributed by atoms with E-state index < -0.39 is 17.5 Å². The molecule has 0 aliphatic rings. The van der Waals surface area contributed by atoms with E-state index in [1.165, 1.54) is 12.4 Å². The van der Waals surface area contributed by atoms with Crippen molar-refractivity contribution in [1.29, 1.82) is 0 Å². The van der Waals surface area contributed by atoms with E-state index in [-0.39, 0.29) is 17.7 Å². The molecule has 0 aliphatic heterocycles. The number of halogens is 3. The Bertz CT molecular complexity index is 1430. The Morgan fingerprint density at radius 1 is 1.06 bits per heavy atom. The Kier molecular flexibility index (Phi) is 6.78. The monoisotopic (exact) mass is 494 g/mol. The quantitative estimate of drug-likeness (QED) is 0.256. The van der Waals surface area contributed by atoms with Crippen LogP contribution in [0.2, 0.25) is 0 Å². The molecule has 0 atom stereocenters. The van der Waals surface area contributed by atoms with E-state index in [0.29, 0.717) is 17.2 Å². The average molecular weight is 495 g/mol. The Labute approximate surface area is 206 Å². The molecular formula is C26H25F3N6O. The summed E-state index contributed by atoms with van der Waals surface area (Å²) in [5.74, 6) is 0.825. The van der Waals surface area contributed by atoms with E-state index in [2.05, 4.69) is 20.4 Å². The second-order valence-corrected chi connectivity index (χ2v) is 8.52. The van der Waals surface area contributed by atoms with Gasteiger partial charge in [0.2, 0.25) is 0 Å². The van der Waals surface area contributed by atoms with Gasteiger partial charge in [-0.25, -0.2) is 9.97 Å². The maximum Gasteiger partial charge on any atom is 0.416 e. The molecule has 2 heterocycles. The van der Waals surface area contributed by atoms with Crippen LogP contribution < -0.4 is 11.1 Å². The summed E-state index contributed by atoms with van der Waals surface area (Å²) in [5.41, 5.74) is 8.42. The van der Waals surface area contributed by atoms with Gasteiger partial charge in [0.05, 0.1) is 11.3 Å². The molecule has 0 spiro atoms. The molecule has 186 valence electrons. The molecule has 0 unspecified atom stereocenters. The van der Waals surface area contributed by atoms with Gasteiger partial charge in [-0.2, -0.15) is 23.0 Å². The van der Waals surface area contributed by atoms with Gasteiger partial charge in [0.1, 0.15) is 12.1 Å². The van der Waals surface area contributed by atoms with E-state index in [0.717, 1.165) is 41.2 Å². The predicted molar refractivity (Wildman–Crippen MR) is 132 cm³/mol. The Balaban J connectivity index is 1.61. The number of nitrogens with zero attached hydrogens (tertiary/aromatic N) is 4. The summed E-state index contributed by atoms with van der Waals surface area (Å²) in [6.07, 6.45) is -2.42. The maximum absolute atomic E-state index is 13.2. The van der Waals surface area contributed by atoms with Crippen molar-refractivity contribution in [3.05, 3.63) is 88.5 Å². The van der Waals surface area contributed by atoms with Crippen LogP contribution >= 0.6 is 0 Å². The fourth-order valence-electron chi connectivity index (χ4n) is 3.77. The number of anilines is 3. The summed E-state index contributed by atoms with van der Waals surface area (Å²) in [6.45, 7) is 5.78. The minimum Gasteiger partial charge on any atom is -0.399 e. The first-order valence-electron chi connectivity index (χ1n) is 11.3. The third-order valence-electron chi connectivity index (χ3n) is 5.65. The lowest BCUT2D eigenvalue weighted by Crippen LogP contribution is -2.11. The van der Waals surface area contributed by atoms with Crippen LogP contribution in [0.3, 0.4) is 0 Å². The standard InChI is InChI=1S/C26H25F3N6O/c1-4-21-13-24(32-14-31-21)35-25(7-16(3)34-35)33-22-8-17(6-5-15(22)2)9-23(36)18-10-19(26(27,28)29)12-20(30)11-18/h5-8,10-14,33H,4,9,30H2,1-3H3. The normalized spacial score (nSPS) is 11.5. The molecule has 10 heteroatoms. The predicted octanol–water partition coefficient (Wildman–Crippen LogP) is 5.61. The van der Waals surface area contributed by atoms with Gasteiger partial charge in [0, 0.05) is 41.2 Å². The second kappa shape index (κ2) is 9.80. The molecule has 0 saturated heterocycles. The summed E-state index contributed by atoms with van der Waals surface area (Å²) in [5, 5.41) is 7.88. The van der Waals surface area contributed by atoms with Crippen LogP contribution in [0.15, 0.2) is 54.9 Å². The number of hydrogen-bond acceptors (Lipinski definition) is 6. The number of nitrogens with one attached hydrogen (secondary N) is 1. The Morgan fingerprint density at radius 3 is 2.56 bits per heavy atom. The van der Waals surface area contributed by atoms with Crippen LogP contribution in [-0.4, -0.2) is 25.5 Å². The van der Waals surface area contributed by atoms with Crippen molar-refractivity contribution in [2.75, 3.05) is 11.1 Å². The highest BCUT2D eigenvalue weighted by Gasteiger charge is 2.31. The molecule has 0 aliphatic carbocycles. The Hall–Kier alpha value is -4.21. The van der Waals surface area contributed by atoms with Crippen molar-refractivity contribution in [1.82, 2.24) is 19.7 Å². The van der Waals surface area contributed by atoms with Gasteiger partial charge in [-0.3, -0.25) is 4.79 Å². The fourth-order valence-corrected chi connectivity index (χ4v) is 3.77. The van der Waals surface area contributed by atoms with Crippen molar-refractivity contribution in [3.8, 4) is 5.82 Å². The molecule has 4 aromatic rings. The van der Waals surface area contributed by atoms with Crippen LogP contribution in [-0.2, 0) is 19.0 Å². The molecule has 0 amide bonds. The van der Waals surface area contributed by atoms with Gasteiger partial charge in [-0.05, 0) is 55.7 Å². The fraction of sp³-hybridized carbons (Fsp3) is 0.231. The zero-order valence-corrected chi connectivity index (χ0v) is 20.0. The average Bonchev–Trinajstić information content (AvgIpc) is 3.20. The lowest BCUT2D eigenvalue weighted by molar-refractivity contribution is -0.137. The smallest absolute Gasteiger partial charge is 0.399 e. The third-order valence-corrected chi connectivity index (χ3v) is 5.65. The van der Waals surface area contributed by atoms with Crippen LogP contribution in [0.1, 0.15) is 45.4 Å². The highest BCUT2D eigenvalue weighted by molar-refractivity contribution is 5.98. The van der Waals surface area contributed by atoms with Crippen molar-refractivity contribution in [3.63, 3.8) is 0 Å². The zero-order chi connectivity index (χ0) is 26.0. The molecular weight excluding hydrogens is 469 g/mol. The summed E-state index contributed by atoms with van der Waals surface area (Å²) in [4.78, 5) is 21.4. The molecule has 0 fully saturated rings. The first-order chi connectivity index (χ1) is 17.0. The summed E-state index contributed by atoms with van der Waals surface area (Å²) in [6, 6.07) is 12.1. The number of ketones is 1. The van der Waals surface area contributed by atoms with Gasteiger partial charge >= 0.3 is 6.18 Å². The molecule has 3 N–H and O–H groups in total. The number of aromatic nitrogens is 4. The number of benzene rings is 2. The molecule has 4 rings (SSSR count). The van der Waals surface area contributed by atoms with Gasteiger partial charge in [-0.1, -0.05) is 19.1 Å². The maximum atomic E-state index is 13.2. The number of nitrogens with two attached hydrogens (primary N) is 1. The minimum absolute atomic E-state index is 0.0819. The number of alkyl halides is 3. The zero-order valence-electron chi connectivity index (χ0n) is 20.0. The Morgan fingerprint density at radius 2 is 1.83 bits per heavy atom. The molecule has 2 aromatic carbocycles. The minimum atomic E-state index is -4.59. The highest BCUT2D eigenvalue weighted by Crippen LogP contribution is 2.32. The van der Waals surface area contributed by atoms with Crippen molar-refractivity contribution < 1.29 is 18.0 Å². The summed E-state index contributed by atoms with van der Waals surface area (Å²) in [7, 11) is 0. The van der Waals surface area contributed by atoms with Crippen LogP contribution in [0.25, 0.3) is 5.82 Å². The second-order valence-electron chi connectivity index (χ2n) is 8.52. The lowest BCUT2D eigenvalue weighted by Gasteiger charge is -2.14. The first kappa shape index (κ1) is 24.9. The molecule has 0 radical (unpaired) electrons. The third kappa shape index (κ3) is 5.54. The summed E-state index contributed by atoms with van der Waals surface area (Å²) >= 11 is 0. The largest absolute Gasteiger partial charge is 0.416 e. The number of carbonyl (C=O) groups is 1. The van der Waals surface area contributed by atoms with Gasteiger partial charge < -0.3 is 11.1 Å². The number of carbonyl (C=O) groups excluding carboxylic acids is 1. The van der Waals surface area contributed by atoms with Crippen molar-refractivity contribution in [2.24, 2.45) is 0 Å².